The van der Waals surface area contributed by atoms with Gasteiger partial charge in [-0.05, 0) is 18.2 Å². The van der Waals surface area contributed by atoms with Gasteiger partial charge in [-0.15, -0.1) is 0 Å². The third-order valence-electron chi connectivity index (χ3n) is 2.19. The zero-order valence-electron chi connectivity index (χ0n) is 9.46. The fraction of sp³-hybridized carbons (Fsp3) is 0.154. The highest BCUT2D eigenvalue weighted by Crippen LogP contribution is 2.18. The Hall–Kier alpha value is -2.23. The van der Waals surface area contributed by atoms with Crippen LogP contribution in [0.3, 0.4) is 0 Å². The summed E-state index contributed by atoms with van der Waals surface area (Å²) in [5.41, 5.74) is 0.771. The van der Waals surface area contributed by atoms with Gasteiger partial charge in [-0.3, -0.25) is 0 Å². The van der Waals surface area contributed by atoms with Gasteiger partial charge in [0.15, 0.2) is 0 Å². The van der Waals surface area contributed by atoms with Gasteiger partial charge in [0, 0.05) is 12.1 Å². The fourth-order valence-corrected chi connectivity index (χ4v) is 1.38. The first-order valence-corrected chi connectivity index (χ1v) is 5.19. The molecule has 0 unspecified atom stereocenters. The molecule has 0 amide bonds. The summed E-state index contributed by atoms with van der Waals surface area (Å²) < 4.78 is 10.5. The van der Waals surface area contributed by atoms with Crippen molar-refractivity contribution in [2.75, 3.05) is 7.11 Å². The van der Waals surface area contributed by atoms with Crippen molar-refractivity contribution < 1.29 is 14.6 Å². The van der Waals surface area contributed by atoms with E-state index < -0.39 is 0 Å². The van der Waals surface area contributed by atoms with Crippen LogP contribution in [-0.4, -0.2) is 17.2 Å². The Kier molecular flexibility index (Phi) is 3.45. The molecular formula is C13H13NO3. The van der Waals surface area contributed by atoms with Gasteiger partial charge in [0.1, 0.15) is 18.1 Å². The van der Waals surface area contributed by atoms with Crippen molar-refractivity contribution in [1.29, 1.82) is 0 Å². The molecule has 0 fully saturated rings. The molecule has 0 bridgehead atoms. The number of aromatic hydroxyl groups is 1. The molecule has 1 aromatic heterocycles. The number of phenolic OH excluding ortho intramolecular Hbond substituents is 1. The summed E-state index contributed by atoms with van der Waals surface area (Å²) in [6.45, 7) is 0.334. The molecule has 0 atom stereocenters. The minimum absolute atomic E-state index is 0.182. The lowest BCUT2D eigenvalue weighted by atomic mass is 10.3. The van der Waals surface area contributed by atoms with Crippen molar-refractivity contribution in [3.05, 3.63) is 48.2 Å². The molecule has 0 saturated heterocycles. The smallest absolute Gasteiger partial charge is 0.213 e. The van der Waals surface area contributed by atoms with Gasteiger partial charge in [0.05, 0.1) is 12.8 Å². The Morgan fingerprint density at radius 2 is 2.00 bits per heavy atom. The Balaban J connectivity index is 2.02. The minimum Gasteiger partial charge on any atom is -0.508 e. The summed E-state index contributed by atoms with van der Waals surface area (Å²) in [7, 11) is 1.57. The molecule has 4 heteroatoms. The number of nitrogens with zero attached hydrogens (tertiary/aromatic N) is 1. The maximum atomic E-state index is 9.28. The summed E-state index contributed by atoms with van der Waals surface area (Å²) in [5.74, 6) is 1.35. The molecule has 1 aromatic carbocycles. The van der Waals surface area contributed by atoms with Crippen LogP contribution in [-0.2, 0) is 6.61 Å². The van der Waals surface area contributed by atoms with Gasteiger partial charge >= 0.3 is 0 Å². The van der Waals surface area contributed by atoms with Crippen LogP contribution in [0.25, 0.3) is 0 Å². The molecule has 2 rings (SSSR count). The largest absolute Gasteiger partial charge is 0.508 e. The number of rotatable bonds is 4. The molecule has 2 aromatic rings. The second kappa shape index (κ2) is 5.21. The molecule has 4 nitrogen and oxygen atoms in total. The Bertz CT molecular complexity index is 500. The predicted octanol–water partition coefficient (Wildman–Crippen LogP) is 2.37. The topological polar surface area (TPSA) is 51.6 Å². The normalized spacial score (nSPS) is 9.94. The van der Waals surface area contributed by atoms with E-state index >= 15 is 0 Å². The molecular weight excluding hydrogens is 218 g/mol. The maximum Gasteiger partial charge on any atom is 0.213 e. The van der Waals surface area contributed by atoms with Crippen molar-refractivity contribution in [2.24, 2.45) is 0 Å². The summed E-state index contributed by atoms with van der Waals surface area (Å²) >= 11 is 0. The maximum absolute atomic E-state index is 9.28. The lowest BCUT2D eigenvalue weighted by Crippen LogP contribution is -1.99. The molecule has 0 saturated carbocycles. The number of aromatic nitrogens is 1. The van der Waals surface area contributed by atoms with Crippen molar-refractivity contribution in [1.82, 2.24) is 4.98 Å². The quantitative estimate of drug-likeness (QED) is 0.877. The number of hydrogen-bond acceptors (Lipinski definition) is 4. The van der Waals surface area contributed by atoms with Crippen molar-refractivity contribution >= 4 is 0 Å². The first-order valence-electron chi connectivity index (χ1n) is 5.19. The third kappa shape index (κ3) is 3.11. The number of benzene rings is 1. The SMILES string of the molecule is COc1cccc(COc2cccc(O)c2)n1. The average molecular weight is 231 g/mol. The molecule has 0 aliphatic rings. The van der Waals surface area contributed by atoms with Gasteiger partial charge < -0.3 is 14.6 Å². The highest BCUT2D eigenvalue weighted by molar-refractivity contribution is 5.31. The molecule has 0 spiro atoms. The van der Waals surface area contributed by atoms with Crippen LogP contribution >= 0.6 is 0 Å². The van der Waals surface area contributed by atoms with Crippen LogP contribution in [0.5, 0.6) is 17.4 Å². The Morgan fingerprint density at radius 1 is 1.18 bits per heavy atom. The van der Waals surface area contributed by atoms with E-state index in [-0.39, 0.29) is 5.75 Å². The summed E-state index contributed by atoms with van der Waals surface area (Å²) in [5, 5.41) is 9.28. The highest BCUT2D eigenvalue weighted by atomic mass is 16.5. The van der Waals surface area contributed by atoms with E-state index in [0.29, 0.717) is 18.2 Å². The Labute approximate surface area is 99.5 Å². The van der Waals surface area contributed by atoms with E-state index in [1.54, 1.807) is 37.4 Å². The highest BCUT2D eigenvalue weighted by Gasteiger charge is 2.00. The summed E-state index contributed by atoms with van der Waals surface area (Å²) in [6, 6.07) is 12.1. The molecule has 88 valence electrons. The van der Waals surface area contributed by atoms with E-state index in [4.69, 9.17) is 9.47 Å². The van der Waals surface area contributed by atoms with E-state index in [2.05, 4.69) is 4.98 Å². The standard InChI is InChI=1S/C13H13NO3/c1-16-13-7-2-4-10(14-13)9-17-12-6-3-5-11(15)8-12/h2-8,15H,9H2,1H3. The molecule has 0 radical (unpaired) electrons. The fourth-order valence-electron chi connectivity index (χ4n) is 1.38. The van der Waals surface area contributed by atoms with E-state index in [1.807, 2.05) is 12.1 Å². The second-order valence-electron chi connectivity index (χ2n) is 3.46. The summed E-state index contributed by atoms with van der Waals surface area (Å²) in [4.78, 5) is 4.22. The van der Waals surface area contributed by atoms with Crippen LogP contribution in [0.1, 0.15) is 5.69 Å². The molecule has 1 N–H and O–H groups in total. The number of hydrogen-bond donors (Lipinski definition) is 1. The molecule has 0 aliphatic carbocycles. The second-order valence-corrected chi connectivity index (χ2v) is 3.46. The van der Waals surface area contributed by atoms with Crippen molar-refractivity contribution in [3.63, 3.8) is 0 Å². The van der Waals surface area contributed by atoms with E-state index in [9.17, 15) is 5.11 Å². The minimum atomic E-state index is 0.182. The van der Waals surface area contributed by atoms with Crippen LogP contribution in [0, 0.1) is 0 Å². The molecule has 0 aliphatic heterocycles. The van der Waals surface area contributed by atoms with Crippen molar-refractivity contribution in [2.45, 2.75) is 6.61 Å². The zero-order chi connectivity index (χ0) is 12.1. The van der Waals surface area contributed by atoms with Crippen LogP contribution < -0.4 is 9.47 Å². The monoisotopic (exact) mass is 231 g/mol. The van der Waals surface area contributed by atoms with Gasteiger partial charge in [0.2, 0.25) is 5.88 Å². The van der Waals surface area contributed by atoms with Crippen LogP contribution in [0.4, 0.5) is 0 Å². The Morgan fingerprint density at radius 3 is 2.76 bits per heavy atom. The first kappa shape index (κ1) is 11.3. The molecule has 1 heterocycles. The van der Waals surface area contributed by atoms with Gasteiger partial charge in [-0.1, -0.05) is 12.1 Å². The average Bonchev–Trinajstić information content (AvgIpc) is 2.37. The first-order chi connectivity index (χ1) is 8.28. The zero-order valence-corrected chi connectivity index (χ0v) is 9.46. The van der Waals surface area contributed by atoms with Gasteiger partial charge in [0.25, 0.3) is 0 Å². The van der Waals surface area contributed by atoms with Gasteiger partial charge in [-0.25, -0.2) is 4.98 Å². The van der Waals surface area contributed by atoms with Crippen molar-refractivity contribution in [3.8, 4) is 17.4 Å². The number of methoxy groups -OCH3 is 1. The number of pyridine rings is 1. The summed E-state index contributed by atoms with van der Waals surface area (Å²) in [6.07, 6.45) is 0. The lowest BCUT2D eigenvalue weighted by molar-refractivity contribution is 0.296. The van der Waals surface area contributed by atoms with Crippen LogP contribution in [0.2, 0.25) is 0 Å². The lowest BCUT2D eigenvalue weighted by Gasteiger charge is -2.06. The van der Waals surface area contributed by atoms with Gasteiger partial charge in [-0.2, -0.15) is 0 Å². The number of phenols is 1. The van der Waals surface area contributed by atoms with Crippen LogP contribution in [0.15, 0.2) is 42.5 Å². The molecule has 17 heavy (non-hydrogen) atoms. The van der Waals surface area contributed by atoms with E-state index in [0.717, 1.165) is 5.69 Å². The van der Waals surface area contributed by atoms with E-state index in [1.165, 1.54) is 0 Å². The number of ether oxygens (including phenoxy) is 2. The third-order valence-corrected chi connectivity index (χ3v) is 2.19. The predicted molar refractivity (Wildman–Crippen MR) is 63.2 cm³/mol.